The minimum absolute atomic E-state index is 0.161. The standard InChI is InChI=1S/C20H30N2O2/c1-20(2,24)11-10-16-6-8-17(9-7-16)19(23)22-14-13-21-12-4-3-5-18(21)15-22/h6-9,18,24H,3-5,10-15H2,1-2H3. The Balaban J connectivity index is 1.58. The van der Waals surface area contributed by atoms with Gasteiger partial charge >= 0.3 is 0 Å². The van der Waals surface area contributed by atoms with Gasteiger partial charge in [0.1, 0.15) is 0 Å². The number of hydrogen-bond donors (Lipinski definition) is 1. The predicted molar refractivity (Wildman–Crippen MR) is 96.2 cm³/mol. The van der Waals surface area contributed by atoms with Crippen molar-refractivity contribution in [3.05, 3.63) is 35.4 Å². The van der Waals surface area contributed by atoms with Crippen LogP contribution in [-0.4, -0.2) is 58.6 Å². The van der Waals surface area contributed by atoms with E-state index in [2.05, 4.69) is 4.90 Å². The van der Waals surface area contributed by atoms with Crippen LogP contribution in [0.15, 0.2) is 24.3 Å². The summed E-state index contributed by atoms with van der Waals surface area (Å²) >= 11 is 0. The van der Waals surface area contributed by atoms with E-state index >= 15 is 0 Å². The minimum atomic E-state index is -0.645. The zero-order valence-corrected chi connectivity index (χ0v) is 15.0. The van der Waals surface area contributed by atoms with E-state index in [-0.39, 0.29) is 5.91 Å². The highest BCUT2D eigenvalue weighted by Gasteiger charge is 2.31. The van der Waals surface area contributed by atoms with Gasteiger partial charge < -0.3 is 10.0 Å². The molecule has 0 aromatic heterocycles. The van der Waals surface area contributed by atoms with Gasteiger partial charge in [0.05, 0.1) is 5.60 Å². The van der Waals surface area contributed by atoms with Crippen LogP contribution in [0, 0.1) is 0 Å². The molecule has 132 valence electrons. The van der Waals surface area contributed by atoms with Crippen LogP contribution in [0.25, 0.3) is 0 Å². The Bertz CT molecular complexity index is 562. The fourth-order valence-electron chi connectivity index (χ4n) is 3.79. The van der Waals surface area contributed by atoms with Gasteiger partial charge in [0, 0.05) is 31.2 Å². The maximum absolute atomic E-state index is 12.8. The number of benzene rings is 1. The molecular weight excluding hydrogens is 300 g/mol. The first-order chi connectivity index (χ1) is 11.4. The summed E-state index contributed by atoms with van der Waals surface area (Å²) in [5.41, 5.74) is 1.31. The number of nitrogens with zero attached hydrogens (tertiary/aromatic N) is 2. The molecule has 1 atom stereocenters. The molecular formula is C20H30N2O2. The van der Waals surface area contributed by atoms with Gasteiger partial charge in [-0.05, 0) is 63.8 Å². The van der Waals surface area contributed by atoms with Gasteiger partial charge in [-0.3, -0.25) is 9.69 Å². The molecule has 2 fully saturated rings. The predicted octanol–water partition coefficient (Wildman–Crippen LogP) is 2.70. The third-order valence-electron chi connectivity index (χ3n) is 5.35. The molecule has 4 nitrogen and oxygen atoms in total. The molecule has 1 N–H and O–H groups in total. The molecule has 4 heteroatoms. The lowest BCUT2D eigenvalue weighted by Crippen LogP contribution is -2.56. The van der Waals surface area contributed by atoms with Gasteiger partial charge in [0.2, 0.25) is 0 Å². The fraction of sp³-hybridized carbons (Fsp3) is 0.650. The van der Waals surface area contributed by atoms with Crippen LogP contribution in [0.2, 0.25) is 0 Å². The van der Waals surface area contributed by atoms with Crippen LogP contribution in [-0.2, 0) is 6.42 Å². The van der Waals surface area contributed by atoms with Gasteiger partial charge in [-0.25, -0.2) is 0 Å². The zero-order chi connectivity index (χ0) is 17.2. The molecule has 2 aliphatic rings. The van der Waals surface area contributed by atoms with Crippen molar-refractivity contribution >= 4 is 5.91 Å². The topological polar surface area (TPSA) is 43.8 Å². The lowest BCUT2D eigenvalue weighted by Gasteiger charge is -2.44. The number of carbonyl (C=O) groups is 1. The van der Waals surface area contributed by atoms with Crippen molar-refractivity contribution in [3.63, 3.8) is 0 Å². The van der Waals surface area contributed by atoms with E-state index in [1.165, 1.54) is 31.4 Å². The minimum Gasteiger partial charge on any atom is -0.390 e. The number of aliphatic hydroxyl groups is 1. The zero-order valence-electron chi connectivity index (χ0n) is 15.0. The van der Waals surface area contributed by atoms with Crippen LogP contribution in [0.4, 0.5) is 0 Å². The van der Waals surface area contributed by atoms with E-state index in [1.54, 1.807) is 0 Å². The largest absolute Gasteiger partial charge is 0.390 e. The van der Waals surface area contributed by atoms with E-state index in [9.17, 15) is 9.90 Å². The number of fused-ring (bicyclic) bond motifs is 1. The summed E-state index contributed by atoms with van der Waals surface area (Å²) < 4.78 is 0. The molecule has 0 aliphatic carbocycles. The normalized spacial score (nSPS) is 22.3. The maximum atomic E-state index is 12.8. The first-order valence-electron chi connectivity index (χ1n) is 9.27. The average molecular weight is 330 g/mol. The number of rotatable bonds is 4. The summed E-state index contributed by atoms with van der Waals surface area (Å²) in [5.74, 6) is 0.161. The molecule has 1 unspecified atom stereocenters. The van der Waals surface area contributed by atoms with Crippen LogP contribution >= 0.6 is 0 Å². The van der Waals surface area contributed by atoms with E-state index in [1.807, 2.05) is 43.0 Å². The van der Waals surface area contributed by atoms with Crippen LogP contribution < -0.4 is 0 Å². The Morgan fingerprint density at radius 1 is 1.17 bits per heavy atom. The number of amides is 1. The van der Waals surface area contributed by atoms with Crippen molar-refractivity contribution in [1.82, 2.24) is 9.80 Å². The van der Waals surface area contributed by atoms with Gasteiger partial charge in [0.25, 0.3) is 5.91 Å². The molecule has 2 aliphatic heterocycles. The molecule has 24 heavy (non-hydrogen) atoms. The van der Waals surface area contributed by atoms with E-state index in [0.29, 0.717) is 6.04 Å². The molecule has 1 aromatic rings. The van der Waals surface area contributed by atoms with Crippen molar-refractivity contribution in [2.45, 2.75) is 57.6 Å². The van der Waals surface area contributed by atoms with Crippen LogP contribution in [0.3, 0.4) is 0 Å². The quantitative estimate of drug-likeness (QED) is 0.923. The van der Waals surface area contributed by atoms with Crippen LogP contribution in [0.1, 0.15) is 55.5 Å². The van der Waals surface area contributed by atoms with E-state index in [4.69, 9.17) is 0 Å². The van der Waals surface area contributed by atoms with Gasteiger partial charge in [0.15, 0.2) is 0 Å². The van der Waals surface area contributed by atoms with Crippen LogP contribution in [0.5, 0.6) is 0 Å². The first kappa shape index (κ1) is 17.4. The molecule has 2 saturated heterocycles. The van der Waals surface area contributed by atoms with Crippen molar-refractivity contribution in [2.24, 2.45) is 0 Å². The Kier molecular flexibility index (Phi) is 5.26. The lowest BCUT2D eigenvalue weighted by atomic mass is 9.97. The van der Waals surface area contributed by atoms with Gasteiger partial charge in [-0.15, -0.1) is 0 Å². The Hall–Kier alpha value is -1.39. The molecule has 1 amide bonds. The summed E-state index contributed by atoms with van der Waals surface area (Å²) in [7, 11) is 0. The Morgan fingerprint density at radius 3 is 2.62 bits per heavy atom. The van der Waals surface area contributed by atoms with Gasteiger partial charge in [-0.2, -0.15) is 0 Å². The molecule has 3 rings (SSSR count). The lowest BCUT2D eigenvalue weighted by molar-refractivity contribution is 0.0372. The second-order valence-corrected chi connectivity index (χ2v) is 7.95. The fourth-order valence-corrected chi connectivity index (χ4v) is 3.79. The molecule has 0 saturated carbocycles. The Labute approximate surface area is 145 Å². The summed E-state index contributed by atoms with van der Waals surface area (Å²) in [4.78, 5) is 17.3. The van der Waals surface area contributed by atoms with Crippen molar-refractivity contribution in [1.29, 1.82) is 0 Å². The summed E-state index contributed by atoms with van der Waals surface area (Å²) in [6.07, 6.45) is 5.37. The molecule has 2 heterocycles. The summed E-state index contributed by atoms with van der Waals surface area (Å²) in [6.45, 7) is 7.59. The highest BCUT2D eigenvalue weighted by Crippen LogP contribution is 2.22. The third-order valence-corrected chi connectivity index (χ3v) is 5.35. The second-order valence-electron chi connectivity index (χ2n) is 7.95. The first-order valence-corrected chi connectivity index (χ1v) is 9.27. The highest BCUT2D eigenvalue weighted by molar-refractivity contribution is 5.94. The Morgan fingerprint density at radius 2 is 1.92 bits per heavy atom. The highest BCUT2D eigenvalue weighted by atomic mass is 16.3. The molecule has 0 bridgehead atoms. The van der Waals surface area contributed by atoms with Gasteiger partial charge in [-0.1, -0.05) is 18.6 Å². The maximum Gasteiger partial charge on any atom is 0.253 e. The van der Waals surface area contributed by atoms with Crippen molar-refractivity contribution < 1.29 is 9.90 Å². The smallest absolute Gasteiger partial charge is 0.253 e. The van der Waals surface area contributed by atoms with Crippen molar-refractivity contribution in [3.8, 4) is 0 Å². The number of aryl methyl sites for hydroxylation is 1. The SMILES string of the molecule is CC(C)(O)CCc1ccc(C(=O)N2CCN3CCCCC3C2)cc1. The van der Waals surface area contributed by atoms with E-state index in [0.717, 1.165) is 38.0 Å². The number of carbonyl (C=O) groups excluding carboxylic acids is 1. The molecule has 1 aromatic carbocycles. The molecule has 0 radical (unpaired) electrons. The third kappa shape index (κ3) is 4.37. The molecule has 0 spiro atoms. The number of piperidine rings is 1. The second kappa shape index (κ2) is 7.24. The van der Waals surface area contributed by atoms with E-state index < -0.39 is 5.60 Å². The monoisotopic (exact) mass is 330 g/mol. The number of piperazine rings is 1. The summed E-state index contributed by atoms with van der Waals surface area (Å²) in [6, 6.07) is 8.48. The summed E-state index contributed by atoms with van der Waals surface area (Å²) in [5, 5.41) is 9.82. The average Bonchev–Trinajstić information content (AvgIpc) is 2.59. The number of hydrogen-bond acceptors (Lipinski definition) is 3. The van der Waals surface area contributed by atoms with Crippen molar-refractivity contribution in [2.75, 3.05) is 26.2 Å².